The van der Waals surface area contributed by atoms with E-state index in [1.807, 2.05) is 60.2 Å². The van der Waals surface area contributed by atoms with Gasteiger partial charge in [0.2, 0.25) is 0 Å². The van der Waals surface area contributed by atoms with Crippen molar-refractivity contribution in [3.8, 4) is 6.07 Å². The van der Waals surface area contributed by atoms with Crippen molar-refractivity contribution in [1.82, 2.24) is 14.0 Å². The predicted molar refractivity (Wildman–Crippen MR) is 113 cm³/mol. The number of hydrogen-bond acceptors (Lipinski definition) is 4. The summed E-state index contributed by atoms with van der Waals surface area (Å²) in [5.41, 5.74) is 5.88. The fourth-order valence-corrected chi connectivity index (χ4v) is 4.63. The van der Waals surface area contributed by atoms with E-state index in [4.69, 9.17) is 5.26 Å². The fourth-order valence-electron chi connectivity index (χ4n) is 3.66. The van der Waals surface area contributed by atoms with Crippen LogP contribution in [0, 0.1) is 25.2 Å². The molecule has 0 aliphatic carbocycles. The van der Waals surface area contributed by atoms with Crippen LogP contribution in [0.5, 0.6) is 0 Å². The second-order valence-electron chi connectivity index (χ2n) is 6.96. The Balaban J connectivity index is 1.79. The average molecular weight is 384 g/mol. The maximum Gasteiger partial charge on any atom is 0.274 e. The zero-order valence-electron chi connectivity index (χ0n) is 15.4. The quantitative estimate of drug-likeness (QED) is 0.468. The summed E-state index contributed by atoms with van der Waals surface area (Å²) in [4.78, 5) is 18.5. The molecule has 0 spiro atoms. The van der Waals surface area contributed by atoms with Crippen molar-refractivity contribution in [2.24, 2.45) is 0 Å². The number of hydrogen-bond donors (Lipinski definition) is 0. The normalized spacial score (nSPS) is 12.4. The van der Waals surface area contributed by atoms with Gasteiger partial charge in [-0.1, -0.05) is 29.5 Å². The Morgan fingerprint density at radius 2 is 1.96 bits per heavy atom. The van der Waals surface area contributed by atoms with Gasteiger partial charge in [0.15, 0.2) is 4.96 Å². The Morgan fingerprint density at radius 1 is 1.18 bits per heavy atom. The minimum absolute atomic E-state index is 0.0529. The zero-order chi connectivity index (χ0) is 19.4. The summed E-state index contributed by atoms with van der Waals surface area (Å²) >= 11 is 1.40. The Morgan fingerprint density at radius 3 is 2.79 bits per heavy atom. The molecule has 5 aromatic rings. The lowest BCUT2D eigenvalue weighted by Gasteiger charge is -1.98. The predicted octanol–water partition coefficient (Wildman–Crippen LogP) is 3.55. The van der Waals surface area contributed by atoms with Crippen LogP contribution in [-0.2, 0) is 6.54 Å². The van der Waals surface area contributed by atoms with Crippen LogP contribution < -0.4 is 10.1 Å². The van der Waals surface area contributed by atoms with E-state index in [0.29, 0.717) is 9.49 Å². The van der Waals surface area contributed by atoms with Crippen molar-refractivity contribution >= 4 is 44.3 Å². The summed E-state index contributed by atoms with van der Waals surface area (Å²) in [5, 5.41) is 10.1. The molecule has 0 radical (unpaired) electrons. The molecule has 5 nitrogen and oxygen atoms in total. The van der Waals surface area contributed by atoms with Crippen LogP contribution in [0.4, 0.5) is 0 Å². The number of nitriles is 1. The van der Waals surface area contributed by atoms with Gasteiger partial charge in [0.1, 0.15) is 6.54 Å². The highest BCUT2D eigenvalue weighted by Crippen LogP contribution is 2.23. The summed E-state index contributed by atoms with van der Waals surface area (Å²) in [6, 6.07) is 14.2. The summed E-state index contributed by atoms with van der Waals surface area (Å²) in [7, 11) is 0. The van der Waals surface area contributed by atoms with E-state index in [0.717, 1.165) is 33.1 Å². The largest absolute Gasteiger partial charge is 0.333 e. The molecule has 0 N–H and O–H groups in total. The van der Waals surface area contributed by atoms with E-state index in [1.165, 1.54) is 16.9 Å². The van der Waals surface area contributed by atoms with E-state index < -0.39 is 0 Å². The first-order chi connectivity index (χ1) is 13.6. The van der Waals surface area contributed by atoms with Crippen LogP contribution in [0.15, 0.2) is 47.4 Å². The van der Waals surface area contributed by atoms with Crippen LogP contribution in [0.1, 0.15) is 16.7 Å². The molecule has 3 heterocycles. The van der Waals surface area contributed by atoms with Crippen molar-refractivity contribution < 1.29 is 0 Å². The van der Waals surface area contributed by atoms with Crippen LogP contribution in [-0.4, -0.2) is 14.0 Å². The van der Waals surface area contributed by atoms with E-state index in [1.54, 1.807) is 4.40 Å². The van der Waals surface area contributed by atoms with Crippen molar-refractivity contribution in [3.05, 3.63) is 74.2 Å². The third-order valence-electron chi connectivity index (χ3n) is 5.20. The fraction of sp³-hybridized carbons (Fsp3) is 0.136. The molecule has 0 unspecified atom stereocenters. The van der Waals surface area contributed by atoms with Gasteiger partial charge in [-0.3, -0.25) is 4.79 Å². The molecule has 3 aromatic heterocycles. The summed E-state index contributed by atoms with van der Waals surface area (Å²) in [5.74, 6) is 0. The van der Waals surface area contributed by atoms with E-state index >= 15 is 0 Å². The van der Waals surface area contributed by atoms with Crippen LogP contribution in [0.25, 0.3) is 33.0 Å². The SMILES string of the molecule is Cc1cc2nc3s/c(=C\c4cn(CC#N)c5ccccc45)c(=O)n3c2cc1C. The molecule has 0 atom stereocenters. The molecular formula is C22H16N4OS. The third-order valence-corrected chi connectivity index (χ3v) is 6.17. The number of fused-ring (bicyclic) bond motifs is 4. The first kappa shape index (κ1) is 16.7. The lowest BCUT2D eigenvalue weighted by atomic mass is 10.1. The second kappa shape index (κ2) is 6.04. The zero-order valence-corrected chi connectivity index (χ0v) is 16.2. The number of rotatable bonds is 2. The highest BCUT2D eigenvalue weighted by molar-refractivity contribution is 7.15. The lowest BCUT2D eigenvalue weighted by molar-refractivity contribution is 0.873. The van der Waals surface area contributed by atoms with E-state index in [2.05, 4.69) is 18.0 Å². The molecule has 0 bridgehead atoms. The topological polar surface area (TPSA) is 63.1 Å². The second-order valence-corrected chi connectivity index (χ2v) is 7.97. The molecule has 2 aromatic carbocycles. The van der Waals surface area contributed by atoms with Crippen molar-refractivity contribution in [2.75, 3.05) is 0 Å². The molecule has 136 valence electrons. The monoisotopic (exact) mass is 384 g/mol. The maximum absolute atomic E-state index is 13.1. The number of thiazole rings is 1. The lowest BCUT2D eigenvalue weighted by Crippen LogP contribution is -2.22. The minimum Gasteiger partial charge on any atom is -0.333 e. The summed E-state index contributed by atoms with van der Waals surface area (Å²) < 4.78 is 4.25. The molecule has 28 heavy (non-hydrogen) atoms. The Hall–Kier alpha value is -3.43. The molecule has 0 aliphatic heterocycles. The van der Waals surface area contributed by atoms with Crippen LogP contribution >= 0.6 is 11.3 Å². The highest BCUT2D eigenvalue weighted by atomic mass is 32.1. The Labute approximate surface area is 164 Å². The van der Waals surface area contributed by atoms with Gasteiger partial charge in [-0.05, 0) is 49.2 Å². The molecule has 0 saturated carbocycles. The van der Waals surface area contributed by atoms with Crippen molar-refractivity contribution in [3.63, 3.8) is 0 Å². The van der Waals surface area contributed by atoms with Gasteiger partial charge in [0.25, 0.3) is 5.56 Å². The van der Waals surface area contributed by atoms with E-state index in [9.17, 15) is 4.79 Å². The van der Waals surface area contributed by atoms with Crippen molar-refractivity contribution in [1.29, 1.82) is 5.26 Å². The standard InChI is InChI=1S/C22H16N4OS/c1-13-9-17-19(10-14(13)2)26-21(27)20(28-22(26)24-17)11-15-12-25(8-7-23)18-6-4-3-5-16(15)18/h3-6,9-12H,8H2,1-2H3/b20-11-. The molecule has 6 heteroatoms. The number of aryl methyl sites for hydroxylation is 2. The van der Waals surface area contributed by atoms with Crippen LogP contribution in [0.2, 0.25) is 0 Å². The van der Waals surface area contributed by atoms with Gasteiger partial charge >= 0.3 is 0 Å². The first-order valence-electron chi connectivity index (χ1n) is 8.95. The van der Waals surface area contributed by atoms with Crippen LogP contribution in [0.3, 0.4) is 0 Å². The number of aromatic nitrogens is 3. The number of nitrogens with zero attached hydrogens (tertiary/aromatic N) is 4. The molecule has 0 amide bonds. The Kier molecular flexibility index (Phi) is 3.61. The first-order valence-corrected chi connectivity index (χ1v) is 9.77. The van der Waals surface area contributed by atoms with Gasteiger partial charge in [-0.15, -0.1) is 0 Å². The smallest absolute Gasteiger partial charge is 0.274 e. The molecule has 0 aliphatic rings. The third kappa shape index (κ3) is 2.37. The van der Waals surface area contributed by atoms with Gasteiger partial charge in [-0.25, -0.2) is 9.38 Å². The Bertz CT molecular complexity index is 1550. The van der Waals surface area contributed by atoms with E-state index in [-0.39, 0.29) is 12.1 Å². The van der Waals surface area contributed by atoms with Gasteiger partial charge < -0.3 is 4.57 Å². The number of benzene rings is 2. The molecule has 0 saturated heterocycles. The summed E-state index contributed by atoms with van der Waals surface area (Å²) in [6.07, 6.45) is 3.84. The highest BCUT2D eigenvalue weighted by Gasteiger charge is 2.13. The van der Waals surface area contributed by atoms with Gasteiger partial charge in [0.05, 0.1) is 21.6 Å². The number of para-hydroxylation sites is 1. The summed E-state index contributed by atoms with van der Waals surface area (Å²) in [6.45, 7) is 4.37. The van der Waals surface area contributed by atoms with Crippen molar-refractivity contribution in [2.45, 2.75) is 20.4 Å². The molecule has 5 rings (SSSR count). The molecule has 0 fully saturated rings. The minimum atomic E-state index is -0.0529. The van der Waals surface area contributed by atoms with Gasteiger partial charge in [-0.2, -0.15) is 5.26 Å². The maximum atomic E-state index is 13.1. The average Bonchev–Trinajstić information content (AvgIpc) is 3.29. The molecular weight excluding hydrogens is 368 g/mol. The van der Waals surface area contributed by atoms with Gasteiger partial charge in [0, 0.05) is 22.7 Å². The number of imidazole rings is 1.